The number of amides is 2. The highest BCUT2D eigenvalue weighted by atomic mass is 32.2. The van der Waals surface area contributed by atoms with Crippen LogP contribution in [0.3, 0.4) is 0 Å². The SMILES string of the molecule is O=C(Nc1ccc2c(c1)OCO2)N1C[C@@H]2C[C@H]1C[C@@H]2NS(=O)(=O)c1ccccc1. The molecule has 2 bridgehead atoms. The second kappa shape index (κ2) is 6.93. The molecule has 2 aromatic carbocycles. The smallest absolute Gasteiger partial charge is 0.322 e. The first-order valence-electron chi connectivity index (χ1n) is 9.54. The van der Waals surface area contributed by atoms with E-state index in [9.17, 15) is 13.2 Å². The van der Waals surface area contributed by atoms with E-state index >= 15 is 0 Å². The van der Waals surface area contributed by atoms with Crippen LogP contribution in [0.5, 0.6) is 11.5 Å². The summed E-state index contributed by atoms with van der Waals surface area (Å²) >= 11 is 0. The summed E-state index contributed by atoms with van der Waals surface area (Å²) in [5, 5.41) is 2.90. The third-order valence-corrected chi connectivity index (χ3v) is 7.29. The molecule has 0 unspecified atom stereocenters. The number of fused-ring (bicyclic) bond motifs is 3. The molecule has 0 spiro atoms. The molecule has 1 saturated carbocycles. The maximum absolute atomic E-state index is 12.7. The lowest BCUT2D eigenvalue weighted by molar-refractivity contribution is 0.174. The fourth-order valence-electron chi connectivity index (χ4n) is 4.38. The molecule has 0 radical (unpaired) electrons. The zero-order chi connectivity index (χ0) is 20.0. The van der Waals surface area contributed by atoms with E-state index in [2.05, 4.69) is 10.0 Å². The first-order valence-corrected chi connectivity index (χ1v) is 11.0. The van der Waals surface area contributed by atoms with Crippen LogP contribution in [0.1, 0.15) is 12.8 Å². The van der Waals surface area contributed by atoms with Crippen molar-refractivity contribution in [1.29, 1.82) is 0 Å². The Kier molecular flexibility index (Phi) is 4.36. The third kappa shape index (κ3) is 3.40. The van der Waals surface area contributed by atoms with Gasteiger partial charge in [0.15, 0.2) is 11.5 Å². The van der Waals surface area contributed by atoms with Crippen molar-refractivity contribution >= 4 is 21.7 Å². The number of benzene rings is 2. The summed E-state index contributed by atoms with van der Waals surface area (Å²) in [4.78, 5) is 14.8. The molecule has 2 N–H and O–H groups in total. The van der Waals surface area contributed by atoms with E-state index in [0.717, 1.165) is 6.42 Å². The molecule has 152 valence electrons. The number of urea groups is 1. The molecular weight excluding hydrogens is 394 g/mol. The summed E-state index contributed by atoms with van der Waals surface area (Å²) in [6.07, 6.45) is 1.42. The summed E-state index contributed by atoms with van der Waals surface area (Å²) in [5.74, 6) is 1.39. The fourth-order valence-corrected chi connectivity index (χ4v) is 5.72. The molecule has 9 heteroatoms. The van der Waals surface area contributed by atoms with Crippen LogP contribution < -0.4 is 19.5 Å². The van der Waals surface area contributed by atoms with Crippen molar-refractivity contribution in [1.82, 2.24) is 9.62 Å². The zero-order valence-electron chi connectivity index (χ0n) is 15.6. The van der Waals surface area contributed by atoms with E-state index in [1.807, 2.05) is 0 Å². The number of carbonyl (C=O) groups is 1. The van der Waals surface area contributed by atoms with Crippen LogP contribution in [-0.4, -0.2) is 44.8 Å². The molecule has 5 rings (SSSR count). The van der Waals surface area contributed by atoms with Gasteiger partial charge in [-0.3, -0.25) is 0 Å². The zero-order valence-corrected chi connectivity index (χ0v) is 16.4. The highest BCUT2D eigenvalue weighted by molar-refractivity contribution is 7.89. The van der Waals surface area contributed by atoms with Gasteiger partial charge in [0, 0.05) is 30.4 Å². The molecule has 8 nitrogen and oxygen atoms in total. The summed E-state index contributed by atoms with van der Waals surface area (Å²) < 4.78 is 38.6. The minimum atomic E-state index is -3.55. The second-order valence-corrected chi connectivity index (χ2v) is 9.29. The van der Waals surface area contributed by atoms with Crippen molar-refractivity contribution in [2.75, 3.05) is 18.7 Å². The normalized spacial score (nSPS) is 24.7. The maximum Gasteiger partial charge on any atom is 0.322 e. The van der Waals surface area contributed by atoms with Gasteiger partial charge in [0.25, 0.3) is 0 Å². The Morgan fingerprint density at radius 1 is 1.03 bits per heavy atom. The average molecular weight is 415 g/mol. The molecule has 2 heterocycles. The summed E-state index contributed by atoms with van der Waals surface area (Å²) in [7, 11) is -3.55. The maximum atomic E-state index is 12.7. The Bertz CT molecular complexity index is 1040. The van der Waals surface area contributed by atoms with Gasteiger partial charge in [0.2, 0.25) is 16.8 Å². The first-order chi connectivity index (χ1) is 14.0. The lowest BCUT2D eigenvalue weighted by Gasteiger charge is -2.31. The lowest BCUT2D eigenvalue weighted by Crippen LogP contribution is -2.48. The predicted octanol–water partition coefficient (Wildman–Crippen LogP) is 2.39. The Balaban J connectivity index is 1.22. The molecule has 1 saturated heterocycles. The van der Waals surface area contributed by atoms with E-state index in [1.54, 1.807) is 53.4 Å². The number of rotatable bonds is 4. The Morgan fingerprint density at radius 3 is 2.59 bits per heavy atom. The fraction of sp³-hybridized carbons (Fsp3) is 0.350. The van der Waals surface area contributed by atoms with Crippen LogP contribution in [0.25, 0.3) is 0 Å². The summed E-state index contributed by atoms with van der Waals surface area (Å²) in [6, 6.07) is 13.3. The number of piperidine rings is 1. The number of anilines is 1. The molecule has 0 aromatic heterocycles. The number of likely N-dealkylation sites (tertiary alicyclic amines) is 1. The monoisotopic (exact) mass is 415 g/mol. The molecule has 2 aromatic rings. The molecule has 2 amide bonds. The van der Waals surface area contributed by atoms with Crippen molar-refractivity contribution in [2.45, 2.75) is 29.8 Å². The number of carbonyl (C=O) groups excluding carboxylic acids is 1. The van der Waals surface area contributed by atoms with Gasteiger partial charge in [0.05, 0.1) is 4.90 Å². The van der Waals surface area contributed by atoms with Crippen LogP contribution in [0.2, 0.25) is 0 Å². The second-order valence-electron chi connectivity index (χ2n) is 7.58. The lowest BCUT2D eigenvalue weighted by atomic mass is 10.0. The van der Waals surface area contributed by atoms with Crippen LogP contribution >= 0.6 is 0 Å². The topological polar surface area (TPSA) is 97.0 Å². The van der Waals surface area contributed by atoms with Crippen LogP contribution in [0.15, 0.2) is 53.4 Å². The van der Waals surface area contributed by atoms with E-state index in [0.29, 0.717) is 30.2 Å². The van der Waals surface area contributed by atoms with Gasteiger partial charge >= 0.3 is 6.03 Å². The van der Waals surface area contributed by atoms with Gasteiger partial charge in [-0.25, -0.2) is 17.9 Å². The molecule has 3 atom stereocenters. The van der Waals surface area contributed by atoms with Gasteiger partial charge in [-0.15, -0.1) is 0 Å². The molecule has 2 aliphatic heterocycles. The minimum absolute atomic E-state index is 0.0254. The number of sulfonamides is 1. The molecule has 2 fully saturated rings. The highest BCUT2D eigenvalue weighted by Crippen LogP contribution is 2.39. The van der Waals surface area contributed by atoms with Crippen LogP contribution in [0.4, 0.5) is 10.5 Å². The number of nitrogens with one attached hydrogen (secondary N) is 2. The largest absolute Gasteiger partial charge is 0.454 e. The Labute approximate surface area is 168 Å². The number of hydrogen-bond donors (Lipinski definition) is 2. The van der Waals surface area contributed by atoms with Gasteiger partial charge in [-0.1, -0.05) is 18.2 Å². The van der Waals surface area contributed by atoms with E-state index in [-0.39, 0.29) is 35.7 Å². The van der Waals surface area contributed by atoms with Crippen molar-refractivity contribution in [3.05, 3.63) is 48.5 Å². The van der Waals surface area contributed by atoms with E-state index in [1.165, 1.54) is 0 Å². The molecular formula is C20H21N3O5S. The van der Waals surface area contributed by atoms with Crippen molar-refractivity contribution < 1.29 is 22.7 Å². The van der Waals surface area contributed by atoms with Gasteiger partial charge in [-0.2, -0.15) is 0 Å². The van der Waals surface area contributed by atoms with Crippen molar-refractivity contribution in [3.63, 3.8) is 0 Å². The Morgan fingerprint density at radius 2 is 1.83 bits per heavy atom. The molecule has 29 heavy (non-hydrogen) atoms. The molecule has 3 aliphatic rings. The van der Waals surface area contributed by atoms with Gasteiger partial charge in [-0.05, 0) is 43.0 Å². The van der Waals surface area contributed by atoms with Crippen LogP contribution in [0, 0.1) is 5.92 Å². The minimum Gasteiger partial charge on any atom is -0.454 e. The van der Waals surface area contributed by atoms with E-state index in [4.69, 9.17) is 9.47 Å². The highest BCUT2D eigenvalue weighted by Gasteiger charge is 2.47. The van der Waals surface area contributed by atoms with Gasteiger partial charge in [0.1, 0.15) is 0 Å². The average Bonchev–Trinajstić information content (AvgIpc) is 3.43. The van der Waals surface area contributed by atoms with E-state index < -0.39 is 10.0 Å². The summed E-state index contributed by atoms with van der Waals surface area (Å²) in [5.41, 5.74) is 0.642. The Hall–Kier alpha value is -2.78. The number of hydrogen-bond acceptors (Lipinski definition) is 5. The van der Waals surface area contributed by atoms with Gasteiger partial charge < -0.3 is 19.7 Å². The quantitative estimate of drug-likeness (QED) is 0.799. The first kappa shape index (κ1) is 18.3. The standard InChI is InChI=1S/C20H21N3O5S/c24-20(21-14-6-7-18-19(9-14)28-12-27-18)23-11-13-8-15(23)10-17(13)22-29(25,26)16-4-2-1-3-5-16/h1-7,9,13,15,17,22H,8,10-12H2,(H,21,24)/t13-,15-,17-/m0/s1. The van der Waals surface area contributed by atoms with Crippen LogP contribution in [-0.2, 0) is 10.0 Å². The predicted molar refractivity (Wildman–Crippen MR) is 105 cm³/mol. The summed E-state index contributed by atoms with van der Waals surface area (Å²) in [6.45, 7) is 0.714. The van der Waals surface area contributed by atoms with Crippen molar-refractivity contribution in [3.8, 4) is 11.5 Å². The number of ether oxygens (including phenoxy) is 2. The third-order valence-electron chi connectivity index (χ3n) is 5.79. The molecule has 1 aliphatic carbocycles. The number of nitrogens with zero attached hydrogens (tertiary/aromatic N) is 1. The van der Waals surface area contributed by atoms with Crippen molar-refractivity contribution in [2.24, 2.45) is 5.92 Å².